The van der Waals surface area contributed by atoms with Gasteiger partial charge in [0, 0.05) is 19.3 Å². The average molecular weight is 305 g/mol. The first-order valence-corrected chi connectivity index (χ1v) is 7.91. The van der Waals surface area contributed by atoms with Crippen molar-refractivity contribution in [3.63, 3.8) is 0 Å². The molecule has 0 unspecified atom stereocenters. The molecule has 2 N–H and O–H groups in total. The number of unbranched alkanes of at least 4 members (excludes halogenated alkanes) is 4. The molecule has 0 rings (SSSR count). The van der Waals surface area contributed by atoms with E-state index in [4.69, 9.17) is 5.73 Å². The normalized spacial score (nSPS) is 11.7. The van der Waals surface area contributed by atoms with Crippen LogP contribution in [0, 0.1) is 0 Å². The second-order valence-corrected chi connectivity index (χ2v) is 5.12. The van der Waals surface area contributed by atoms with Gasteiger partial charge in [-0.1, -0.05) is 50.5 Å². The summed E-state index contributed by atoms with van der Waals surface area (Å²) >= 11 is 0. The van der Waals surface area contributed by atoms with Gasteiger partial charge in [0.05, 0.1) is 0 Å². The van der Waals surface area contributed by atoms with Crippen molar-refractivity contribution in [2.45, 2.75) is 58.3 Å². The molecular weight excluding hydrogens is 278 g/mol. The lowest BCUT2D eigenvalue weighted by Gasteiger charge is -1.99. The monoisotopic (exact) mass is 305 g/mol. The molecule has 4 nitrogen and oxygen atoms in total. The fraction of sp³-hybridized carbons (Fsp3) is 0.500. The SMILES string of the molecule is CCC(=O)C=CC=CC=CC(=O)CCCCCCCC(N)=O. The van der Waals surface area contributed by atoms with Crippen molar-refractivity contribution in [2.24, 2.45) is 5.73 Å². The Bertz CT molecular complexity index is 434. The number of hydrogen-bond acceptors (Lipinski definition) is 3. The van der Waals surface area contributed by atoms with Crippen molar-refractivity contribution in [3.8, 4) is 0 Å². The highest BCUT2D eigenvalue weighted by atomic mass is 16.1. The Kier molecular flexibility index (Phi) is 12.7. The number of carbonyl (C=O) groups excluding carboxylic acids is 3. The largest absolute Gasteiger partial charge is 0.370 e. The van der Waals surface area contributed by atoms with E-state index in [-0.39, 0.29) is 17.5 Å². The maximum Gasteiger partial charge on any atom is 0.217 e. The van der Waals surface area contributed by atoms with E-state index in [1.54, 1.807) is 30.4 Å². The Morgan fingerprint density at radius 2 is 1.23 bits per heavy atom. The van der Waals surface area contributed by atoms with Crippen LogP contribution in [0.5, 0.6) is 0 Å². The number of carbonyl (C=O) groups is 3. The zero-order valence-corrected chi connectivity index (χ0v) is 13.4. The summed E-state index contributed by atoms with van der Waals surface area (Å²) in [6.45, 7) is 1.81. The summed E-state index contributed by atoms with van der Waals surface area (Å²) in [5.41, 5.74) is 5.05. The van der Waals surface area contributed by atoms with Crippen LogP contribution in [0.1, 0.15) is 58.3 Å². The smallest absolute Gasteiger partial charge is 0.217 e. The van der Waals surface area contributed by atoms with Gasteiger partial charge in [-0.25, -0.2) is 0 Å². The lowest BCUT2D eigenvalue weighted by atomic mass is 10.1. The molecule has 122 valence electrons. The lowest BCUT2D eigenvalue weighted by molar-refractivity contribution is -0.118. The van der Waals surface area contributed by atoms with Gasteiger partial charge in [0.15, 0.2) is 11.6 Å². The summed E-state index contributed by atoms with van der Waals surface area (Å²) in [6.07, 6.45) is 16.1. The predicted molar refractivity (Wildman–Crippen MR) is 89.2 cm³/mol. The molecule has 0 aromatic heterocycles. The van der Waals surface area contributed by atoms with Gasteiger partial charge < -0.3 is 5.73 Å². The molecule has 0 bridgehead atoms. The fourth-order valence-corrected chi connectivity index (χ4v) is 1.78. The van der Waals surface area contributed by atoms with E-state index in [0.29, 0.717) is 19.3 Å². The highest BCUT2D eigenvalue weighted by Gasteiger charge is 1.97. The third kappa shape index (κ3) is 14.4. The van der Waals surface area contributed by atoms with Crippen LogP contribution in [0.3, 0.4) is 0 Å². The van der Waals surface area contributed by atoms with Crippen molar-refractivity contribution in [1.82, 2.24) is 0 Å². The minimum Gasteiger partial charge on any atom is -0.370 e. The molecule has 0 aliphatic rings. The minimum absolute atomic E-state index is 0.0838. The Balaban J connectivity index is 3.62. The van der Waals surface area contributed by atoms with E-state index in [1.165, 1.54) is 6.08 Å². The molecule has 4 heteroatoms. The summed E-state index contributed by atoms with van der Waals surface area (Å²) in [5, 5.41) is 0. The molecule has 0 atom stereocenters. The van der Waals surface area contributed by atoms with Crippen LogP contribution >= 0.6 is 0 Å². The summed E-state index contributed by atoms with van der Waals surface area (Å²) < 4.78 is 0. The van der Waals surface area contributed by atoms with Crippen LogP contribution < -0.4 is 5.73 Å². The molecule has 0 radical (unpaired) electrons. The Hall–Kier alpha value is -1.97. The summed E-state index contributed by atoms with van der Waals surface area (Å²) in [6, 6.07) is 0. The van der Waals surface area contributed by atoms with Crippen LogP contribution in [-0.2, 0) is 14.4 Å². The number of rotatable bonds is 13. The summed E-state index contributed by atoms with van der Waals surface area (Å²) in [4.78, 5) is 33.1. The molecule has 0 aromatic carbocycles. The third-order valence-electron chi connectivity index (χ3n) is 3.09. The Morgan fingerprint density at radius 1 is 0.727 bits per heavy atom. The van der Waals surface area contributed by atoms with E-state index in [2.05, 4.69) is 0 Å². The molecule has 22 heavy (non-hydrogen) atoms. The number of allylic oxidation sites excluding steroid dienone is 6. The van der Waals surface area contributed by atoms with Gasteiger partial charge in [0.1, 0.15) is 0 Å². The number of nitrogens with two attached hydrogens (primary N) is 1. The second kappa shape index (κ2) is 14.0. The van der Waals surface area contributed by atoms with Crippen LogP contribution in [0.15, 0.2) is 36.5 Å². The molecule has 0 spiro atoms. The van der Waals surface area contributed by atoms with E-state index in [1.807, 2.05) is 6.92 Å². The first-order chi connectivity index (χ1) is 10.6. The average Bonchev–Trinajstić information content (AvgIpc) is 2.49. The molecule has 0 aliphatic heterocycles. The van der Waals surface area contributed by atoms with Gasteiger partial charge >= 0.3 is 0 Å². The van der Waals surface area contributed by atoms with Gasteiger partial charge in [-0.3, -0.25) is 14.4 Å². The van der Waals surface area contributed by atoms with Gasteiger partial charge in [0.25, 0.3) is 0 Å². The van der Waals surface area contributed by atoms with Gasteiger partial charge in [0.2, 0.25) is 5.91 Å². The molecule has 0 fully saturated rings. The molecule has 0 heterocycles. The van der Waals surface area contributed by atoms with Crippen molar-refractivity contribution in [1.29, 1.82) is 0 Å². The Morgan fingerprint density at radius 3 is 1.77 bits per heavy atom. The third-order valence-corrected chi connectivity index (χ3v) is 3.09. The zero-order chi connectivity index (χ0) is 16.6. The van der Waals surface area contributed by atoms with Crippen molar-refractivity contribution < 1.29 is 14.4 Å². The second-order valence-electron chi connectivity index (χ2n) is 5.12. The molecule has 0 aliphatic carbocycles. The maximum atomic E-state index is 11.6. The first-order valence-electron chi connectivity index (χ1n) is 7.91. The van der Waals surface area contributed by atoms with Gasteiger partial charge in [-0.15, -0.1) is 0 Å². The van der Waals surface area contributed by atoms with Crippen molar-refractivity contribution >= 4 is 17.5 Å². The summed E-state index contributed by atoms with van der Waals surface area (Å²) in [7, 11) is 0. The van der Waals surface area contributed by atoms with Crippen molar-refractivity contribution in [3.05, 3.63) is 36.5 Å². The standard InChI is InChI=1S/C18H27NO3/c1-2-16(20)12-8-6-7-10-14-17(21)13-9-4-3-5-11-15-18(19)22/h6-8,10,12,14H,2-5,9,11,13,15H2,1H3,(H2,19,22). The Labute approximate surface area is 133 Å². The fourth-order valence-electron chi connectivity index (χ4n) is 1.78. The molecule has 0 saturated carbocycles. The number of amides is 1. The first kappa shape index (κ1) is 20.0. The van der Waals surface area contributed by atoms with Crippen LogP contribution in [-0.4, -0.2) is 17.5 Å². The molecule has 1 amide bonds. The number of primary amides is 1. The van der Waals surface area contributed by atoms with Crippen LogP contribution in [0.25, 0.3) is 0 Å². The lowest BCUT2D eigenvalue weighted by Crippen LogP contribution is -2.09. The zero-order valence-electron chi connectivity index (χ0n) is 13.4. The maximum absolute atomic E-state index is 11.6. The van der Waals surface area contributed by atoms with E-state index in [0.717, 1.165) is 32.1 Å². The number of hydrogen-bond donors (Lipinski definition) is 1. The van der Waals surface area contributed by atoms with E-state index >= 15 is 0 Å². The summed E-state index contributed by atoms with van der Waals surface area (Å²) in [5.74, 6) is -0.0572. The highest BCUT2D eigenvalue weighted by molar-refractivity contribution is 5.90. The van der Waals surface area contributed by atoms with Crippen LogP contribution in [0.4, 0.5) is 0 Å². The predicted octanol–water partition coefficient (Wildman–Crippen LogP) is 3.42. The quantitative estimate of drug-likeness (QED) is 0.322. The van der Waals surface area contributed by atoms with Crippen LogP contribution in [0.2, 0.25) is 0 Å². The minimum atomic E-state index is -0.248. The molecular formula is C18H27NO3. The van der Waals surface area contributed by atoms with Gasteiger partial charge in [-0.2, -0.15) is 0 Å². The van der Waals surface area contributed by atoms with E-state index in [9.17, 15) is 14.4 Å². The molecule has 0 aromatic rings. The number of ketones is 2. The van der Waals surface area contributed by atoms with E-state index < -0.39 is 0 Å². The molecule has 0 saturated heterocycles. The van der Waals surface area contributed by atoms with Crippen molar-refractivity contribution in [2.75, 3.05) is 0 Å². The van der Waals surface area contributed by atoms with Gasteiger partial charge in [-0.05, 0) is 25.0 Å². The topological polar surface area (TPSA) is 77.2 Å². The highest BCUT2D eigenvalue weighted by Crippen LogP contribution is 2.07.